The van der Waals surface area contributed by atoms with E-state index < -0.39 is 88.2 Å². The summed E-state index contributed by atoms with van der Waals surface area (Å²) in [5.74, 6) is -4.92. The minimum atomic E-state index is -2.50. The maximum absolute atomic E-state index is 17.3. The summed E-state index contributed by atoms with van der Waals surface area (Å²) in [5, 5.41) is 43.7. The Kier molecular flexibility index (Phi) is 9.38. The van der Waals surface area contributed by atoms with Crippen LogP contribution in [0.1, 0.15) is 55.5 Å². The number of Topliss-reactive ketones (excluding diaryl/α,β-unsaturated/α-hetero) is 1. The van der Waals surface area contributed by atoms with Gasteiger partial charge in [-0.1, -0.05) is 30.7 Å². The first-order valence-electron chi connectivity index (χ1n) is 15.7. The molecule has 15 heteroatoms. The van der Waals surface area contributed by atoms with Crippen molar-refractivity contribution in [3.63, 3.8) is 0 Å². The van der Waals surface area contributed by atoms with E-state index in [-0.39, 0.29) is 43.6 Å². The molecule has 0 aromatic heterocycles. The van der Waals surface area contributed by atoms with E-state index in [9.17, 15) is 44.6 Å². The molecule has 0 heterocycles. The molecular weight excluding hydrogens is 635 g/mol. The van der Waals surface area contributed by atoms with E-state index >= 15 is 4.39 Å². The number of alkyl halides is 1. The third kappa shape index (κ3) is 5.61. The van der Waals surface area contributed by atoms with Gasteiger partial charge in [0.1, 0.15) is 19.3 Å². The fraction of sp³-hybridized carbons (Fsp3) is 0.576. The Bertz CT molecular complexity index is 1580. The Morgan fingerprint density at radius 2 is 1.90 bits per heavy atom. The Morgan fingerprint density at radius 3 is 2.60 bits per heavy atom. The standard InChI is InChI=1S/C33H39FN2O12/c1-30-10-8-21(37)13-20(30)6-7-22-23-14-25(38)33(43,31(23,2)15-26(39)32(22,30)34)27(40)17-47-29(42)24(35)16-46-28(41)19-5-3-4-18(12-19)9-11-48-36(44)45/h3-5,8,10,12-13,22-26,38-39,43H,6-7,9,11,14-17,35H2,1-2H3/t22-,23-,24?,25+,26-,30-,31-,32-,33-/m0/s1. The molecule has 0 bridgehead atoms. The number of halogens is 1. The number of fused-ring (bicyclic) bond motifs is 5. The van der Waals surface area contributed by atoms with Gasteiger partial charge in [-0.05, 0) is 74.8 Å². The van der Waals surface area contributed by atoms with Crippen LogP contribution in [0.5, 0.6) is 0 Å². The first-order chi connectivity index (χ1) is 22.5. The second kappa shape index (κ2) is 12.8. The number of nitrogens with two attached hydrogens (primary N) is 1. The Balaban J connectivity index is 1.21. The van der Waals surface area contributed by atoms with Gasteiger partial charge in [0.2, 0.25) is 5.78 Å². The number of rotatable bonds is 11. The van der Waals surface area contributed by atoms with Crippen molar-refractivity contribution in [1.82, 2.24) is 0 Å². The molecule has 9 atom stereocenters. The fourth-order valence-corrected chi connectivity index (χ4v) is 8.49. The summed E-state index contributed by atoms with van der Waals surface area (Å²) in [6, 6.07) is 4.49. The van der Waals surface area contributed by atoms with Crippen LogP contribution in [0.15, 0.2) is 48.1 Å². The number of benzene rings is 1. The molecule has 14 nitrogen and oxygen atoms in total. The summed E-state index contributed by atoms with van der Waals surface area (Å²) in [7, 11) is 0. The number of carbonyl (C=O) groups is 4. The van der Waals surface area contributed by atoms with Crippen molar-refractivity contribution < 1.29 is 58.3 Å². The molecule has 4 aliphatic rings. The van der Waals surface area contributed by atoms with Gasteiger partial charge in [0.05, 0.1) is 17.8 Å². The second-order valence-electron chi connectivity index (χ2n) is 13.5. The van der Waals surface area contributed by atoms with Crippen LogP contribution in [0.4, 0.5) is 4.39 Å². The van der Waals surface area contributed by atoms with E-state index in [4.69, 9.17) is 15.2 Å². The van der Waals surface area contributed by atoms with E-state index in [1.54, 1.807) is 13.0 Å². The molecule has 0 spiro atoms. The zero-order valence-electron chi connectivity index (χ0n) is 26.5. The number of hydrogen-bond donors (Lipinski definition) is 4. The largest absolute Gasteiger partial charge is 0.460 e. The summed E-state index contributed by atoms with van der Waals surface area (Å²) < 4.78 is 27.4. The van der Waals surface area contributed by atoms with Crippen LogP contribution in [0.2, 0.25) is 0 Å². The lowest BCUT2D eigenvalue weighted by Crippen LogP contribution is -2.69. The molecule has 0 aliphatic heterocycles. The lowest BCUT2D eigenvalue weighted by molar-refractivity contribution is -0.757. The van der Waals surface area contributed by atoms with E-state index in [0.717, 1.165) is 0 Å². The second-order valence-corrected chi connectivity index (χ2v) is 13.5. The van der Waals surface area contributed by atoms with Gasteiger partial charge < -0.3 is 35.4 Å². The predicted octanol–water partition coefficient (Wildman–Crippen LogP) is 1.11. The van der Waals surface area contributed by atoms with Crippen LogP contribution in [0.25, 0.3) is 0 Å². The van der Waals surface area contributed by atoms with Crippen molar-refractivity contribution in [2.45, 2.75) is 75.5 Å². The molecule has 1 aromatic rings. The molecule has 5 N–H and O–H groups in total. The van der Waals surface area contributed by atoms with Crippen LogP contribution >= 0.6 is 0 Å². The van der Waals surface area contributed by atoms with Crippen LogP contribution in [0.3, 0.4) is 0 Å². The summed E-state index contributed by atoms with van der Waals surface area (Å²) in [4.78, 5) is 65.3. The maximum atomic E-state index is 17.3. The van der Waals surface area contributed by atoms with Gasteiger partial charge in [0.25, 0.3) is 5.09 Å². The number of ether oxygens (including phenoxy) is 2. The van der Waals surface area contributed by atoms with E-state index in [1.807, 2.05) is 0 Å². The molecule has 48 heavy (non-hydrogen) atoms. The zero-order valence-corrected chi connectivity index (χ0v) is 26.5. The normalized spacial score (nSPS) is 35.7. The number of allylic oxidation sites excluding steroid dienone is 4. The highest BCUT2D eigenvalue weighted by atomic mass is 19.1. The van der Waals surface area contributed by atoms with Crippen LogP contribution in [0, 0.1) is 32.8 Å². The van der Waals surface area contributed by atoms with Crippen LogP contribution in [-0.4, -0.2) is 93.3 Å². The lowest BCUT2D eigenvalue weighted by Gasteiger charge is -2.62. The Morgan fingerprint density at radius 1 is 1.17 bits per heavy atom. The molecule has 3 saturated carbocycles. The van der Waals surface area contributed by atoms with Gasteiger partial charge in [-0.25, -0.2) is 9.18 Å². The quantitative estimate of drug-likeness (QED) is 0.147. The number of esters is 2. The van der Waals surface area contributed by atoms with Gasteiger partial charge in [0.15, 0.2) is 23.7 Å². The molecule has 260 valence electrons. The number of ketones is 2. The number of aliphatic hydroxyl groups excluding tert-OH is 2. The third-order valence-electron chi connectivity index (χ3n) is 11.1. The first-order valence-corrected chi connectivity index (χ1v) is 15.7. The van der Waals surface area contributed by atoms with Crippen LogP contribution in [-0.2, 0) is 35.1 Å². The van der Waals surface area contributed by atoms with Crippen molar-refractivity contribution in [2.24, 2.45) is 28.4 Å². The van der Waals surface area contributed by atoms with E-state index in [2.05, 4.69) is 4.84 Å². The average Bonchev–Trinajstić information content (AvgIpc) is 3.24. The Hall–Kier alpha value is -4.05. The van der Waals surface area contributed by atoms with Crippen molar-refractivity contribution in [1.29, 1.82) is 0 Å². The molecule has 3 fully saturated rings. The van der Waals surface area contributed by atoms with Crippen LogP contribution < -0.4 is 5.73 Å². The van der Waals surface area contributed by atoms with E-state index in [0.29, 0.717) is 17.6 Å². The number of hydrogen-bond acceptors (Lipinski definition) is 13. The topological polar surface area (TPSA) is 226 Å². The SMILES string of the molecule is C[C@]12C=CC(=O)C=C1CC[C@H]1[C@@H]3C[C@@H](O)[C@](O)(C(=O)COC(=O)C(N)COC(=O)c4cccc(CCO[N+](=O)[O-])c4)[C@@]3(C)C[C@H](O)[C@@]12F. The van der Waals surface area contributed by atoms with E-state index in [1.165, 1.54) is 43.4 Å². The highest BCUT2D eigenvalue weighted by Crippen LogP contribution is 2.69. The van der Waals surface area contributed by atoms with Crippen molar-refractivity contribution in [3.8, 4) is 0 Å². The minimum absolute atomic E-state index is 0.0868. The first kappa shape index (κ1) is 35.3. The fourth-order valence-electron chi connectivity index (χ4n) is 8.49. The number of nitrogens with zero attached hydrogens (tertiary/aromatic N) is 1. The molecule has 1 unspecified atom stereocenters. The van der Waals surface area contributed by atoms with Gasteiger partial charge in [-0.15, -0.1) is 10.1 Å². The van der Waals surface area contributed by atoms with Crippen molar-refractivity contribution >= 4 is 23.5 Å². The van der Waals surface area contributed by atoms with Gasteiger partial charge >= 0.3 is 11.9 Å². The van der Waals surface area contributed by atoms with Gasteiger partial charge in [0, 0.05) is 16.7 Å². The summed E-state index contributed by atoms with van der Waals surface area (Å²) in [6.45, 7) is 1.29. The zero-order chi connectivity index (χ0) is 35.2. The minimum Gasteiger partial charge on any atom is -0.460 e. The summed E-state index contributed by atoms with van der Waals surface area (Å²) in [5.41, 5.74) is -0.513. The Labute approximate surface area is 274 Å². The average molecular weight is 675 g/mol. The molecule has 1 aromatic carbocycles. The monoisotopic (exact) mass is 674 g/mol. The highest BCUT2D eigenvalue weighted by molar-refractivity contribution is 6.01. The van der Waals surface area contributed by atoms with Gasteiger partial charge in [-0.2, -0.15) is 0 Å². The lowest BCUT2D eigenvalue weighted by atomic mass is 9.44. The molecule has 0 radical (unpaired) electrons. The predicted molar refractivity (Wildman–Crippen MR) is 162 cm³/mol. The maximum Gasteiger partial charge on any atom is 0.338 e. The molecule has 0 saturated heterocycles. The van der Waals surface area contributed by atoms with Crippen molar-refractivity contribution in [2.75, 3.05) is 19.8 Å². The smallest absolute Gasteiger partial charge is 0.338 e. The molecule has 5 rings (SSSR count). The molecule has 0 amide bonds. The van der Waals surface area contributed by atoms with Gasteiger partial charge in [-0.3, -0.25) is 14.4 Å². The third-order valence-corrected chi connectivity index (χ3v) is 11.1. The highest BCUT2D eigenvalue weighted by Gasteiger charge is 2.76. The van der Waals surface area contributed by atoms with Crippen molar-refractivity contribution in [3.05, 3.63) is 69.3 Å². The number of carbonyl (C=O) groups excluding carboxylic acids is 4. The number of aliphatic hydroxyl groups is 3. The summed E-state index contributed by atoms with van der Waals surface area (Å²) in [6.07, 6.45) is 1.00. The summed E-state index contributed by atoms with van der Waals surface area (Å²) >= 11 is 0. The molecular formula is C33H39FN2O12. The molecule has 4 aliphatic carbocycles.